The van der Waals surface area contributed by atoms with Crippen molar-refractivity contribution in [2.75, 3.05) is 7.11 Å². The van der Waals surface area contributed by atoms with Gasteiger partial charge in [-0.15, -0.1) is 0 Å². The molecule has 0 saturated heterocycles. The van der Waals surface area contributed by atoms with Gasteiger partial charge in [0, 0.05) is 7.11 Å². The van der Waals surface area contributed by atoms with E-state index in [4.69, 9.17) is 4.74 Å². The van der Waals surface area contributed by atoms with Gasteiger partial charge < -0.3 is 4.74 Å². The van der Waals surface area contributed by atoms with Crippen LogP contribution in [0.1, 0.15) is 46.5 Å². The number of hydrogen-bond acceptors (Lipinski definition) is 1. The van der Waals surface area contributed by atoms with E-state index in [2.05, 4.69) is 6.92 Å². The molecule has 1 heteroatoms. The third kappa shape index (κ3) is 3.24. The van der Waals surface area contributed by atoms with Crippen LogP contribution in [0, 0.1) is 5.92 Å². The van der Waals surface area contributed by atoms with Crippen LogP contribution in [0.5, 0.6) is 0 Å². The Kier molecular flexibility index (Phi) is 6.63. The molecular formula is C10H22O. The highest BCUT2D eigenvalue weighted by Crippen LogP contribution is 2.29. The fraction of sp³-hybridized carbons (Fsp3) is 1.00. The quantitative estimate of drug-likeness (QED) is 0.599. The lowest BCUT2D eigenvalue weighted by molar-refractivity contribution is 0.0699. The molecule has 1 saturated carbocycles. The predicted molar refractivity (Wildman–Crippen MR) is 49.8 cm³/mol. The van der Waals surface area contributed by atoms with Crippen molar-refractivity contribution >= 4 is 0 Å². The van der Waals surface area contributed by atoms with Gasteiger partial charge in [0.1, 0.15) is 0 Å². The van der Waals surface area contributed by atoms with Crippen LogP contribution in [0.3, 0.4) is 0 Å². The molecule has 11 heavy (non-hydrogen) atoms. The predicted octanol–water partition coefficient (Wildman–Crippen LogP) is 3.24. The highest BCUT2D eigenvalue weighted by atomic mass is 16.5. The second-order valence-corrected chi connectivity index (χ2v) is 2.87. The number of methoxy groups -OCH3 is 1. The summed E-state index contributed by atoms with van der Waals surface area (Å²) in [4.78, 5) is 0. The summed E-state index contributed by atoms with van der Waals surface area (Å²) in [5.41, 5.74) is 0. The van der Waals surface area contributed by atoms with Crippen LogP contribution in [-0.4, -0.2) is 13.2 Å². The lowest BCUT2D eigenvalue weighted by Crippen LogP contribution is -2.14. The van der Waals surface area contributed by atoms with Crippen LogP contribution in [-0.2, 0) is 4.74 Å². The van der Waals surface area contributed by atoms with Gasteiger partial charge in [-0.25, -0.2) is 0 Å². The SMILES string of the molecule is CC.CCC1CCCC1OC. The van der Waals surface area contributed by atoms with Crippen molar-refractivity contribution in [1.29, 1.82) is 0 Å². The molecule has 0 amide bonds. The zero-order valence-corrected chi connectivity index (χ0v) is 8.39. The summed E-state index contributed by atoms with van der Waals surface area (Å²) in [7, 11) is 1.83. The Bertz CT molecular complexity index is 70.9. The van der Waals surface area contributed by atoms with E-state index < -0.39 is 0 Å². The second kappa shape index (κ2) is 6.66. The summed E-state index contributed by atoms with van der Waals surface area (Å²) in [6.07, 6.45) is 5.91. The summed E-state index contributed by atoms with van der Waals surface area (Å²) in [6, 6.07) is 0. The summed E-state index contributed by atoms with van der Waals surface area (Å²) in [6.45, 7) is 6.25. The average Bonchev–Trinajstić information content (AvgIpc) is 2.54. The Hall–Kier alpha value is -0.0400. The topological polar surface area (TPSA) is 9.23 Å². The molecule has 2 unspecified atom stereocenters. The molecule has 0 radical (unpaired) electrons. The van der Waals surface area contributed by atoms with E-state index >= 15 is 0 Å². The van der Waals surface area contributed by atoms with Gasteiger partial charge in [0.05, 0.1) is 6.10 Å². The van der Waals surface area contributed by atoms with Crippen LogP contribution in [0.15, 0.2) is 0 Å². The Morgan fingerprint density at radius 3 is 2.27 bits per heavy atom. The highest BCUT2D eigenvalue weighted by Gasteiger charge is 2.24. The summed E-state index contributed by atoms with van der Waals surface area (Å²) in [5.74, 6) is 0.856. The summed E-state index contributed by atoms with van der Waals surface area (Å²) >= 11 is 0. The first-order valence-electron chi connectivity index (χ1n) is 4.91. The van der Waals surface area contributed by atoms with Crippen LogP contribution in [0.2, 0.25) is 0 Å². The van der Waals surface area contributed by atoms with Crippen molar-refractivity contribution in [2.24, 2.45) is 5.92 Å². The average molecular weight is 158 g/mol. The largest absolute Gasteiger partial charge is 0.381 e. The van der Waals surface area contributed by atoms with Gasteiger partial charge in [0.15, 0.2) is 0 Å². The number of rotatable bonds is 2. The van der Waals surface area contributed by atoms with Gasteiger partial charge in [-0.2, -0.15) is 0 Å². The fourth-order valence-corrected chi connectivity index (χ4v) is 1.78. The molecule has 0 aliphatic heterocycles. The molecule has 0 spiro atoms. The van der Waals surface area contributed by atoms with Crippen LogP contribution in [0.25, 0.3) is 0 Å². The van der Waals surface area contributed by atoms with Crippen LogP contribution < -0.4 is 0 Å². The maximum Gasteiger partial charge on any atom is 0.0599 e. The minimum absolute atomic E-state index is 0.579. The van der Waals surface area contributed by atoms with Gasteiger partial charge in [0.2, 0.25) is 0 Å². The second-order valence-electron chi connectivity index (χ2n) is 2.87. The van der Waals surface area contributed by atoms with Crippen molar-refractivity contribution in [3.05, 3.63) is 0 Å². The van der Waals surface area contributed by atoms with E-state index in [9.17, 15) is 0 Å². The van der Waals surface area contributed by atoms with E-state index in [-0.39, 0.29) is 0 Å². The van der Waals surface area contributed by atoms with Crippen molar-refractivity contribution in [1.82, 2.24) is 0 Å². The van der Waals surface area contributed by atoms with E-state index in [1.54, 1.807) is 0 Å². The minimum Gasteiger partial charge on any atom is -0.381 e. The highest BCUT2D eigenvalue weighted by molar-refractivity contribution is 4.76. The van der Waals surface area contributed by atoms with E-state index in [0.29, 0.717) is 6.10 Å². The molecule has 1 rings (SSSR count). The molecule has 2 atom stereocenters. The number of ether oxygens (including phenoxy) is 1. The first-order chi connectivity index (χ1) is 5.38. The van der Waals surface area contributed by atoms with Crippen molar-refractivity contribution in [2.45, 2.75) is 52.6 Å². The minimum atomic E-state index is 0.579. The van der Waals surface area contributed by atoms with Crippen molar-refractivity contribution in [3.63, 3.8) is 0 Å². The summed E-state index contributed by atoms with van der Waals surface area (Å²) < 4.78 is 5.31. The standard InChI is InChI=1S/C8H16O.C2H6/c1-3-7-5-4-6-8(7)9-2;1-2/h7-8H,3-6H2,1-2H3;1-2H3. The normalized spacial score (nSPS) is 29.5. The molecule has 0 aromatic heterocycles. The molecule has 0 bridgehead atoms. The third-order valence-electron chi connectivity index (χ3n) is 2.42. The molecule has 0 aromatic carbocycles. The number of hydrogen-bond donors (Lipinski definition) is 0. The molecule has 0 N–H and O–H groups in total. The summed E-state index contributed by atoms with van der Waals surface area (Å²) in [5, 5.41) is 0. The van der Waals surface area contributed by atoms with E-state index in [1.165, 1.54) is 25.7 Å². The van der Waals surface area contributed by atoms with Gasteiger partial charge in [-0.1, -0.05) is 33.6 Å². The smallest absolute Gasteiger partial charge is 0.0599 e. The lowest BCUT2D eigenvalue weighted by atomic mass is 10.0. The van der Waals surface area contributed by atoms with E-state index in [0.717, 1.165) is 5.92 Å². The zero-order chi connectivity index (χ0) is 8.69. The molecular weight excluding hydrogens is 136 g/mol. The molecule has 1 fully saturated rings. The first-order valence-corrected chi connectivity index (χ1v) is 4.91. The van der Waals surface area contributed by atoms with Gasteiger partial charge in [-0.05, 0) is 18.8 Å². The Labute approximate surface area is 71.1 Å². The zero-order valence-electron chi connectivity index (χ0n) is 8.39. The molecule has 68 valence electrons. The first kappa shape index (κ1) is 11.0. The molecule has 0 aromatic rings. The van der Waals surface area contributed by atoms with Gasteiger partial charge >= 0.3 is 0 Å². The maximum absolute atomic E-state index is 5.31. The Balaban J connectivity index is 0.000000461. The molecule has 1 aliphatic rings. The Morgan fingerprint density at radius 2 is 1.91 bits per heavy atom. The van der Waals surface area contributed by atoms with Crippen LogP contribution >= 0.6 is 0 Å². The van der Waals surface area contributed by atoms with Gasteiger partial charge in [0.25, 0.3) is 0 Å². The third-order valence-corrected chi connectivity index (χ3v) is 2.42. The monoisotopic (exact) mass is 158 g/mol. The van der Waals surface area contributed by atoms with Crippen molar-refractivity contribution < 1.29 is 4.74 Å². The van der Waals surface area contributed by atoms with Gasteiger partial charge in [-0.3, -0.25) is 0 Å². The van der Waals surface area contributed by atoms with Crippen molar-refractivity contribution in [3.8, 4) is 0 Å². The molecule has 1 nitrogen and oxygen atoms in total. The van der Waals surface area contributed by atoms with E-state index in [1.807, 2.05) is 21.0 Å². The maximum atomic E-state index is 5.31. The fourth-order valence-electron chi connectivity index (χ4n) is 1.78. The lowest BCUT2D eigenvalue weighted by Gasteiger charge is -2.14. The Morgan fingerprint density at radius 1 is 1.27 bits per heavy atom. The molecule has 1 aliphatic carbocycles. The van der Waals surface area contributed by atoms with Crippen LogP contribution in [0.4, 0.5) is 0 Å². The molecule has 0 heterocycles.